The summed E-state index contributed by atoms with van der Waals surface area (Å²) < 4.78 is 48.2. The zero-order valence-electron chi connectivity index (χ0n) is 19.9. The van der Waals surface area contributed by atoms with E-state index in [9.17, 15) is 12.8 Å². The monoisotopic (exact) mass is 484 g/mol. The highest BCUT2D eigenvalue weighted by Gasteiger charge is 2.67. The molecule has 0 aromatic heterocycles. The number of ether oxygens (including phenoxy) is 1. The zero-order valence-corrected chi connectivity index (χ0v) is 20.7. The number of fused-ring (bicyclic) bond motifs is 2. The Hall–Kier alpha value is -1.96. The van der Waals surface area contributed by atoms with Crippen molar-refractivity contribution in [1.82, 2.24) is 4.90 Å². The first-order chi connectivity index (χ1) is 16.3. The fourth-order valence-corrected chi connectivity index (χ4v) is 8.40. The molecular weight excluding hydrogens is 451 g/mol. The molecule has 2 aromatic rings. The average molecular weight is 485 g/mol. The van der Waals surface area contributed by atoms with Gasteiger partial charge < -0.3 is 4.74 Å². The molecule has 0 spiro atoms. The highest BCUT2D eigenvalue weighted by molar-refractivity contribution is 7.93. The molecule has 1 saturated heterocycles. The second kappa shape index (κ2) is 7.77. The number of hydrogen-bond donors (Lipinski definition) is 1. The SMILES string of the molecule is CCC1(c2cc(F)cc(NS(=O)(=O)C3CC3)c2)[C@@H]2CN(CC3(OC)Cc4ccccc4C3)C[C@@H]21. The Morgan fingerprint density at radius 1 is 1.09 bits per heavy atom. The molecule has 1 aliphatic heterocycles. The lowest BCUT2D eigenvalue weighted by molar-refractivity contribution is -0.0276. The van der Waals surface area contributed by atoms with Crippen molar-refractivity contribution in [3.63, 3.8) is 0 Å². The molecule has 0 amide bonds. The van der Waals surface area contributed by atoms with Gasteiger partial charge in [0.2, 0.25) is 10.0 Å². The van der Waals surface area contributed by atoms with Gasteiger partial charge in [-0.1, -0.05) is 31.2 Å². The Kier molecular flexibility index (Phi) is 5.14. The smallest absolute Gasteiger partial charge is 0.235 e. The van der Waals surface area contributed by atoms with E-state index in [2.05, 4.69) is 40.8 Å². The van der Waals surface area contributed by atoms with Crippen molar-refractivity contribution in [1.29, 1.82) is 0 Å². The third kappa shape index (κ3) is 3.59. The van der Waals surface area contributed by atoms with E-state index in [-0.39, 0.29) is 22.1 Å². The number of likely N-dealkylation sites (tertiary alicyclic amines) is 1. The summed E-state index contributed by atoms with van der Waals surface area (Å²) in [6.45, 7) is 5.02. The van der Waals surface area contributed by atoms with Crippen LogP contribution in [0.25, 0.3) is 0 Å². The van der Waals surface area contributed by atoms with E-state index in [1.54, 1.807) is 6.07 Å². The number of methoxy groups -OCH3 is 1. The standard InChI is InChI=1S/C27H33FN2O3S/c1-3-27(20-10-21(28)12-22(11-20)29-34(31,32)23-8-9-23)24-15-30(16-25(24)27)17-26(33-2)13-18-6-4-5-7-19(18)14-26/h4-7,10-12,23-25,29H,3,8-9,13-17H2,1-2H3/t24-,25+,27?. The van der Waals surface area contributed by atoms with Gasteiger partial charge in [0.1, 0.15) is 5.82 Å². The molecule has 3 aliphatic carbocycles. The van der Waals surface area contributed by atoms with Crippen LogP contribution < -0.4 is 4.72 Å². The number of nitrogens with zero attached hydrogens (tertiary/aromatic N) is 1. The van der Waals surface area contributed by atoms with Gasteiger partial charge in [0.15, 0.2) is 0 Å². The second-order valence-electron chi connectivity index (χ2n) is 10.9. The van der Waals surface area contributed by atoms with Gasteiger partial charge >= 0.3 is 0 Å². The highest BCUT2D eigenvalue weighted by atomic mass is 32.2. The predicted octanol–water partition coefficient (Wildman–Crippen LogP) is 4.12. The number of halogens is 1. The molecule has 5 nitrogen and oxygen atoms in total. The molecule has 2 saturated carbocycles. The Bertz CT molecular complexity index is 1190. The highest BCUT2D eigenvalue weighted by Crippen LogP contribution is 2.65. The molecule has 4 aliphatic rings. The van der Waals surface area contributed by atoms with Crippen molar-refractivity contribution >= 4 is 15.7 Å². The lowest BCUT2D eigenvalue weighted by Crippen LogP contribution is -2.46. The minimum absolute atomic E-state index is 0.0722. The molecule has 1 N–H and O–H groups in total. The van der Waals surface area contributed by atoms with Crippen molar-refractivity contribution in [3.05, 3.63) is 65.0 Å². The summed E-state index contributed by atoms with van der Waals surface area (Å²) in [5, 5.41) is -0.331. The van der Waals surface area contributed by atoms with Crippen LogP contribution in [0.2, 0.25) is 0 Å². The van der Waals surface area contributed by atoms with E-state index in [4.69, 9.17) is 4.74 Å². The van der Waals surface area contributed by atoms with Gasteiger partial charge in [0.25, 0.3) is 0 Å². The maximum absolute atomic E-state index is 14.6. The molecule has 1 unspecified atom stereocenters. The molecule has 0 radical (unpaired) electrons. The summed E-state index contributed by atoms with van der Waals surface area (Å²) in [5.41, 5.74) is 3.82. The first kappa shape index (κ1) is 22.5. The zero-order chi connectivity index (χ0) is 23.7. The van der Waals surface area contributed by atoms with Crippen LogP contribution in [0.5, 0.6) is 0 Å². The second-order valence-corrected chi connectivity index (χ2v) is 12.8. The average Bonchev–Trinajstić information content (AvgIpc) is 3.67. The van der Waals surface area contributed by atoms with Crippen LogP contribution in [0, 0.1) is 17.7 Å². The van der Waals surface area contributed by atoms with Crippen LogP contribution in [-0.4, -0.2) is 50.9 Å². The molecule has 3 fully saturated rings. The van der Waals surface area contributed by atoms with Gasteiger partial charge in [-0.3, -0.25) is 9.62 Å². The van der Waals surface area contributed by atoms with Gasteiger partial charge in [-0.25, -0.2) is 12.8 Å². The van der Waals surface area contributed by atoms with Crippen molar-refractivity contribution in [2.24, 2.45) is 11.8 Å². The van der Waals surface area contributed by atoms with Gasteiger partial charge in [-0.15, -0.1) is 0 Å². The maximum Gasteiger partial charge on any atom is 0.235 e. The van der Waals surface area contributed by atoms with Crippen LogP contribution in [-0.2, 0) is 33.0 Å². The van der Waals surface area contributed by atoms with Gasteiger partial charge in [-0.2, -0.15) is 0 Å². The van der Waals surface area contributed by atoms with Crippen LogP contribution in [0.1, 0.15) is 42.9 Å². The summed E-state index contributed by atoms with van der Waals surface area (Å²) >= 11 is 0. The molecule has 3 atom stereocenters. The van der Waals surface area contributed by atoms with Gasteiger partial charge in [0.05, 0.1) is 16.5 Å². The number of rotatable bonds is 8. The first-order valence-electron chi connectivity index (χ1n) is 12.5. The van der Waals surface area contributed by atoms with Crippen LogP contribution in [0.4, 0.5) is 10.1 Å². The Balaban J connectivity index is 1.18. The topological polar surface area (TPSA) is 58.6 Å². The molecule has 0 bridgehead atoms. The van der Waals surface area contributed by atoms with Crippen LogP contribution >= 0.6 is 0 Å². The number of hydrogen-bond acceptors (Lipinski definition) is 4. The number of sulfonamides is 1. The Labute approximate surface area is 201 Å². The normalized spacial score (nSPS) is 29.6. The molecule has 1 heterocycles. The fraction of sp³-hybridized carbons (Fsp3) is 0.556. The summed E-state index contributed by atoms with van der Waals surface area (Å²) in [7, 11) is -1.59. The van der Waals surface area contributed by atoms with Crippen molar-refractivity contribution < 1.29 is 17.5 Å². The Morgan fingerprint density at radius 3 is 2.29 bits per heavy atom. The van der Waals surface area contributed by atoms with Gasteiger partial charge in [0, 0.05) is 45.0 Å². The first-order valence-corrected chi connectivity index (χ1v) is 14.0. The van der Waals surface area contributed by atoms with E-state index in [1.807, 2.05) is 13.2 Å². The minimum Gasteiger partial charge on any atom is -0.376 e. The minimum atomic E-state index is -3.42. The van der Waals surface area contributed by atoms with Crippen LogP contribution in [0.15, 0.2) is 42.5 Å². The number of nitrogens with one attached hydrogen (secondary N) is 1. The van der Waals surface area contributed by atoms with E-state index in [1.165, 1.54) is 17.2 Å². The molecular formula is C27H33FN2O3S. The van der Waals surface area contributed by atoms with E-state index in [0.29, 0.717) is 30.4 Å². The third-order valence-corrected chi connectivity index (χ3v) is 10.8. The summed E-state index contributed by atoms with van der Waals surface area (Å²) in [6, 6.07) is 13.4. The molecule has 7 heteroatoms. The summed E-state index contributed by atoms with van der Waals surface area (Å²) in [6.07, 6.45) is 4.18. The Morgan fingerprint density at radius 2 is 1.74 bits per heavy atom. The van der Waals surface area contributed by atoms with E-state index in [0.717, 1.165) is 44.5 Å². The third-order valence-electron chi connectivity index (χ3n) is 8.94. The maximum atomic E-state index is 14.6. The summed E-state index contributed by atoms with van der Waals surface area (Å²) in [4.78, 5) is 2.52. The molecule has 182 valence electrons. The fourth-order valence-electron chi connectivity index (χ4n) is 7.03. The lowest BCUT2D eigenvalue weighted by atomic mass is 9.87. The quantitative estimate of drug-likeness (QED) is 0.612. The molecule has 34 heavy (non-hydrogen) atoms. The van der Waals surface area contributed by atoms with E-state index >= 15 is 0 Å². The van der Waals surface area contributed by atoms with Gasteiger partial charge in [-0.05, 0) is 66.0 Å². The number of anilines is 1. The largest absolute Gasteiger partial charge is 0.376 e. The van der Waals surface area contributed by atoms with Crippen molar-refractivity contribution in [2.45, 2.75) is 55.3 Å². The van der Waals surface area contributed by atoms with Crippen molar-refractivity contribution in [2.75, 3.05) is 31.5 Å². The van der Waals surface area contributed by atoms with Crippen LogP contribution in [0.3, 0.4) is 0 Å². The molecule has 2 aromatic carbocycles. The predicted molar refractivity (Wildman–Crippen MR) is 131 cm³/mol. The summed E-state index contributed by atoms with van der Waals surface area (Å²) in [5.74, 6) is 0.553. The number of piperidine rings is 1. The molecule has 6 rings (SSSR count). The van der Waals surface area contributed by atoms with E-state index < -0.39 is 10.0 Å². The van der Waals surface area contributed by atoms with Crippen molar-refractivity contribution in [3.8, 4) is 0 Å². The number of benzene rings is 2. The lowest BCUT2D eigenvalue weighted by Gasteiger charge is -2.35.